The lowest BCUT2D eigenvalue weighted by Gasteiger charge is -2.05. The van der Waals surface area contributed by atoms with Gasteiger partial charge in [0.15, 0.2) is 5.13 Å². The van der Waals surface area contributed by atoms with Crippen LogP contribution in [0.3, 0.4) is 0 Å². The number of nitrogens with one attached hydrogen (secondary N) is 1. The molecule has 0 aliphatic carbocycles. The Bertz CT molecular complexity index is 777. The molecular formula is C15H13N3OS. The molecule has 0 fully saturated rings. The number of hydrogen-bond donors (Lipinski definition) is 2. The summed E-state index contributed by atoms with van der Waals surface area (Å²) in [6.07, 6.45) is 0. The molecule has 0 aliphatic heterocycles. The molecule has 0 unspecified atom stereocenters. The van der Waals surface area contributed by atoms with E-state index in [0.717, 1.165) is 21.5 Å². The fraction of sp³-hybridized carbons (Fsp3) is 0.0667. The molecule has 1 amide bonds. The Balaban J connectivity index is 1.86. The van der Waals surface area contributed by atoms with Crippen LogP contribution in [-0.2, 0) is 0 Å². The molecular weight excluding hydrogens is 270 g/mol. The van der Waals surface area contributed by atoms with Crippen molar-refractivity contribution in [2.45, 2.75) is 6.92 Å². The number of nitrogens with two attached hydrogens (primary N) is 1. The van der Waals surface area contributed by atoms with E-state index in [1.165, 1.54) is 11.3 Å². The van der Waals surface area contributed by atoms with Crippen molar-refractivity contribution in [2.75, 3.05) is 11.1 Å². The monoisotopic (exact) mass is 283 g/mol. The summed E-state index contributed by atoms with van der Waals surface area (Å²) in [4.78, 5) is 16.4. The van der Waals surface area contributed by atoms with Gasteiger partial charge in [-0.1, -0.05) is 29.0 Å². The number of aromatic nitrogens is 1. The summed E-state index contributed by atoms with van der Waals surface area (Å²) in [5.74, 6) is -0.136. The van der Waals surface area contributed by atoms with Gasteiger partial charge in [-0.2, -0.15) is 0 Å². The Labute approximate surface area is 120 Å². The predicted molar refractivity (Wildman–Crippen MR) is 83.2 cm³/mol. The van der Waals surface area contributed by atoms with E-state index < -0.39 is 0 Å². The first-order valence-corrected chi connectivity index (χ1v) is 6.97. The zero-order valence-electron chi connectivity index (χ0n) is 10.9. The smallest absolute Gasteiger partial charge is 0.255 e. The molecule has 0 atom stereocenters. The number of thiazole rings is 1. The van der Waals surface area contributed by atoms with E-state index in [9.17, 15) is 4.79 Å². The molecule has 2 aromatic carbocycles. The van der Waals surface area contributed by atoms with Gasteiger partial charge in [-0.15, -0.1) is 0 Å². The number of fused-ring (bicyclic) bond motifs is 1. The first-order chi connectivity index (χ1) is 9.61. The summed E-state index contributed by atoms with van der Waals surface area (Å²) in [5.41, 5.74) is 9.02. The second-order valence-corrected chi connectivity index (χ2v) is 5.62. The maximum Gasteiger partial charge on any atom is 0.255 e. The molecule has 0 radical (unpaired) electrons. The fourth-order valence-corrected chi connectivity index (χ4v) is 2.70. The molecule has 1 heterocycles. The number of hydrogen-bond acceptors (Lipinski definition) is 4. The normalized spacial score (nSPS) is 10.7. The van der Waals surface area contributed by atoms with Gasteiger partial charge >= 0.3 is 0 Å². The van der Waals surface area contributed by atoms with Gasteiger partial charge in [0.25, 0.3) is 5.91 Å². The van der Waals surface area contributed by atoms with Crippen molar-refractivity contribution < 1.29 is 4.79 Å². The van der Waals surface area contributed by atoms with Crippen LogP contribution >= 0.6 is 11.3 Å². The van der Waals surface area contributed by atoms with Gasteiger partial charge in [0.1, 0.15) is 0 Å². The van der Waals surface area contributed by atoms with E-state index in [2.05, 4.69) is 10.3 Å². The molecule has 1 aromatic heterocycles. The standard InChI is InChI=1S/C15H13N3OS/c1-9-2-5-11(6-3-9)17-14(19)10-4-7-12-13(8-10)20-15(16)18-12/h2-8H,1H3,(H2,16,18)(H,17,19). The van der Waals surface area contributed by atoms with Crippen molar-refractivity contribution in [1.29, 1.82) is 0 Å². The quantitative estimate of drug-likeness (QED) is 0.757. The van der Waals surface area contributed by atoms with Crippen LogP contribution in [-0.4, -0.2) is 10.9 Å². The molecule has 0 spiro atoms. The van der Waals surface area contributed by atoms with Gasteiger partial charge in [0.05, 0.1) is 10.2 Å². The van der Waals surface area contributed by atoms with Crippen molar-refractivity contribution in [1.82, 2.24) is 4.98 Å². The highest BCUT2D eigenvalue weighted by molar-refractivity contribution is 7.22. The van der Waals surface area contributed by atoms with Crippen molar-refractivity contribution in [3.05, 3.63) is 53.6 Å². The third-order valence-electron chi connectivity index (χ3n) is 2.98. The summed E-state index contributed by atoms with van der Waals surface area (Å²) in [7, 11) is 0. The van der Waals surface area contributed by atoms with Crippen LogP contribution in [0.25, 0.3) is 10.2 Å². The first-order valence-electron chi connectivity index (χ1n) is 6.16. The van der Waals surface area contributed by atoms with E-state index >= 15 is 0 Å². The summed E-state index contributed by atoms with van der Waals surface area (Å²) in [6.45, 7) is 2.01. The lowest BCUT2D eigenvalue weighted by molar-refractivity contribution is 0.102. The lowest BCUT2D eigenvalue weighted by Crippen LogP contribution is -2.11. The zero-order chi connectivity index (χ0) is 14.1. The first kappa shape index (κ1) is 12.6. The number of rotatable bonds is 2. The minimum Gasteiger partial charge on any atom is -0.375 e. The van der Waals surface area contributed by atoms with E-state index in [4.69, 9.17) is 5.73 Å². The van der Waals surface area contributed by atoms with E-state index in [0.29, 0.717) is 10.7 Å². The van der Waals surface area contributed by atoms with Crippen LogP contribution in [0.4, 0.5) is 10.8 Å². The molecule has 0 saturated heterocycles. The Morgan fingerprint density at radius 3 is 2.70 bits per heavy atom. The molecule has 20 heavy (non-hydrogen) atoms. The molecule has 4 nitrogen and oxygen atoms in total. The van der Waals surface area contributed by atoms with Gasteiger partial charge in [0.2, 0.25) is 0 Å². The molecule has 0 bridgehead atoms. The van der Waals surface area contributed by atoms with Gasteiger partial charge in [-0.3, -0.25) is 4.79 Å². The number of amides is 1. The second kappa shape index (κ2) is 4.94. The predicted octanol–water partition coefficient (Wildman–Crippen LogP) is 3.44. The third kappa shape index (κ3) is 2.48. The summed E-state index contributed by atoms with van der Waals surface area (Å²) >= 11 is 1.38. The molecule has 5 heteroatoms. The average molecular weight is 283 g/mol. The number of benzene rings is 2. The van der Waals surface area contributed by atoms with Crippen LogP contribution in [0, 0.1) is 6.92 Å². The molecule has 3 N–H and O–H groups in total. The Hall–Kier alpha value is -2.40. The minimum atomic E-state index is -0.136. The largest absolute Gasteiger partial charge is 0.375 e. The number of aryl methyl sites for hydroxylation is 1. The number of nitrogen functional groups attached to an aromatic ring is 1. The molecule has 3 aromatic rings. The molecule has 0 aliphatic rings. The maximum absolute atomic E-state index is 12.2. The molecule has 3 rings (SSSR count). The fourth-order valence-electron chi connectivity index (χ4n) is 1.92. The van der Waals surface area contributed by atoms with Gasteiger partial charge in [-0.25, -0.2) is 4.98 Å². The van der Waals surface area contributed by atoms with Crippen molar-refractivity contribution >= 4 is 38.3 Å². The number of carbonyl (C=O) groups is 1. The van der Waals surface area contributed by atoms with Gasteiger partial charge in [0, 0.05) is 11.3 Å². The van der Waals surface area contributed by atoms with Crippen molar-refractivity contribution in [3.63, 3.8) is 0 Å². The number of anilines is 2. The van der Waals surface area contributed by atoms with Gasteiger partial charge < -0.3 is 11.1 Å². The van der Waals surface area contributed by atoms with Gasteiger partial charge in [-0.05, 0) is 37.3 Å². The maximum atomic E-state index is 12.2. The summed E-state index contributed by atoms with van der Waals surface area (Å²) in [6, 6.07) is 13.1. The van der Waals surface area contributed by atoms with E-state index in [1.807, 2.05) is 43.3 Å². The van der Waals surface area contributed by atoms with Crippen LogP contribution in [0.2, 0.25) is 0 Å². The zero-order valence-corrected chi connectivity index (χ0v) is 11.7. The number of carbonyl (C=O) groups excluding carboxylic acids is 1. The lowest BCUT2D eigenvalue weighted by atomic mass is 10.2. The van der Waals surface area contributed by atoms with Crippen LogP contribution in [0.5, 0.6) is 0 Å². The Morgan fingerprint density at radius 2 is 1.95 bits per heavy atom. The van der Waals surface area contributed by atoms with E-state index in [-0.39, 0.29) is 5.91 Å². The highest BCUT2D eigenvalue weighted by Crippen LogP contribution is 2.25. The summed E-state index contributed by atoms with van der Waals surface area (Å²) in [5, 5.41) is 3.38. The van der Waals surface area contributed by atoms with Crippen LogP contribution in [0.15, 0.2) is 42.5 Å². The summed E-state index contributed by atoms with van der Waals surface area (Å²) < 4.78 is 0.916. The number of nitrogens with zero attached hydrogens (tertiary/aromatic N) is 1. The molecule has 100 valence electrons. The second-order valence-electron chi connectivity index (χ2n) is 4.55. The van der Waals surface area contributed by atoms with Crippen LogP contribution < -0.4 is 11.1 Å². The minimum absolute atomic E-state index is 0.136. The Kier molecular flexibility index (Phi) is 3.12. The highest BCUT2D eigenvalue weighted by atomic mass is 32.1. The highest BCUT2D eigenvalue weighted by Gasteiger charge is 2.09. The topological polar surface area (TPSA) is 68.0 Å². The average Bonchev–Trinajstić information content (AvgIpc) is 2.80. The molecule has 0 saturated carbocycles. The van der Waals surface area contributed by atoms with Crippen LogP contribution in [0.1, 0.15) is 15.9 Å². The van der Waals surface area contributed by atoms with E-state index in [1.54, 1.807) is 6.07 Å². The van der Waals surface area contributed by atoms with Crippen molar-refractivity contribution in [2.24, 2.45) is 0 Å². The van der Waals surface area contributed by atoms with Crippen molar-refractivity contribution in [3.8, 4) is 0 Å². The third-order valence-corrected chi connectivity index (χ3v) is 3.82. The SMILES string of the molecule is Cc1ccc(NC(=O)c2ccc3nc(N)sc3c2)cc1. The Morgan fingerprint density at radius 1 is 1.20 bits per heavy atom.